The number of nitrogens with one attached hydrogen (secondary N) is 1. The van der Waals surface area contributed by atoms with Crippen molar-refractivity contribution in [1.29, 1.82) is 0 Å². The Kier molecular flexibility index (Phi) is 7.85. The maximum Gasteiger partial charge on any atom is 0.240 e. The highest BCUT2D eigenvalue weighted by molar-refractivity contribution is 9.10. The Balaban J connectivity index is 1.49. The Morgan fingerprint density at radius 3 is 2.59 bits per heavy atom. The first kappa shape index (κ1) is 21.1. The fraction of sp³-hybridized carbons (Fsp3) is 0.130. The molecule has 0 aliphatic carbocycles. The summed E-state index contributed by atoms with van der Waals surface area (Å²) < 4.78 is 6.63. The number of carbonyl (C=O) groups excluding carboxylic acids is 1. The van der Waals surface area contributed by atoms with Gasteiger partial charge in [0, 0.05) is 17.0 Å². The maximum absolute atomic E-state index is 11.9. The number of hydrogen-bond acceptors (Lipinski definition) is 3. The van der Waals surface area contributed by atoms with E-state index in [9.17, 15) is 4.79 Å². The van der Waals surface area contributed by atoms with E-state index in [2.05, 4.69) is 26.5 Å². The van der Waals surface area contributed by atoms with Crippen LogP contribution in [0.2, 0.25) is 5.02 Å². The molecule has 3 aromatic rings. The van der Waals surface area contributed by atoms with Crippen LogP contribution in [0.3, 0.4) is 0 Å². The molecule has 1 N–H and O–H groups in total. The van der Waals surface area contributed by atoms with Crippen LogP contribution in [-0.2, 0) is 17.8 Å². The molecule has 0 aliphatic rings. The molecule has 0 radical (unpaired) electrons. The summed E-state index contributed by atoms with van der Waals surface area (Å²) in [7, 11) is 0. The highest BCUT2D eigenvalue weighted by atomic mass is 79.9. The quantitative estimate of drug-likeness (QED) is 0.335. The van der Waals surface area contributed by atoms with E-state index in [1.807, 2.05) is 72.8 Å². The number of hydrazone groups is 1. The average molecular weight is 472 g/mol. The molecule has 29 heavy (non-hydrogen) atoms. The largest absolute Gasteiger partial charge is 0.488 e. The zero-order chi connectivity index (χ0) is 20.5. The minimum absolute atomic E-state index is 0.121. The van der Waals surface area contributed by atoms with Crippen molar-refractivity contribution < 1.29 is 9.53 Å². The van der Waals surface area contributed by atoms with Gasteiger partial charge >= 0.3 is 0 Å². The molecule has 148 valence electrons. The van der Waals surface area contributed by atoms with Crippen molar-refractivity contribution in [2.45, 2.75) is 19.4 Å². The molecule has 4 nitrogen and oxygen atoms in total. The Hall–Kier alpha value is -2.63. The highest BCUT2D eigenvalue weighted by Gasteiger charge is 2.05. The van der Waals surface area contributed by atoms with Crippen LogP contribution >= 0.6 is 27.5 Å². The van der Waals surface area contributed by atoms with E-state index in [0.717, 1.165) is 21.2 Å². The lowest BCUT2D eigenvalue weighted by molar-refractivity contribution is -0.121. The van der Waals surface area contributed by atoms with Crippen LogP contribution in [0.5, 0.6) is 5.75 Å². The number of benzene rings is 3. The van der Waals surface area contributed by atoms with Crippen LogP contribution in [0.15, 0.2) is 82.4 Å². The van der Waals surface area contributed by atoms with Crippen LogP contribution < -0.4 is 10.2 Å². The summed E-state index contributed by atoms with van der Waals surface area (Å²) in [5, 5.41) is 4.70. The maximum atomic E-state index is 11.9. The van der Waals surface area contributed by atoms with Crippen LogP contribution in [0.25, 0.3) is 0 Å². The minimum Gasteiger partial charge on any atom is -0.488 e. The SMILES string of the molecule is O=C(CCc1ccccc1)N/N=C\c1ccc(OCc2ccccc2Cl)c(Br)c1. The summed E-state index contributed by atoms with van der Waals surface area (Å²) in [5.74, 6) is 0.581. The number of aryl methyl sites for hydroxylation is 1. The second-order valence-corrected chi connectivity index (χ2v) is 7.61. The number of hydrogen-bond donors (Lipinski definition) is 1. The second kappa shape index (κ2) is 10.8. The smallest absolute Gasteiger partial charge is 0.240 e. The molecule has 3 rings (SSSR count). The topological polar surface area (TPSA) is 50.7 Å². The highest BCUT2D eigenvalue weighted by Crippen LogP contribution is 2.27. The molecule has 6 heteroatoms. The average Bonchev–Trinajstić information content (AvgIpc) is 2.73. The lowest BCUT2D eigenvalue weighted by Gasteiger charge is -2.10. The van der Waals surface area contributed by atoms with Crippen molar-refractivity contribution in [3.8, 4) is 5.75 Å². The van der Waals surface area contributed by atoms with E-state index in [1.54, 1.807) is 6.21 Å². The summed E-state index contributed by atoms with van der Waals surface area (Å²) in [4.78, 5) is 11.9. The Labute approximate surface area is 183 Å². The second-order valence-electron chi connectivity index (χ2n) is 6.35. The Bertz CT molecular complexity index is 993. The van der Waals surface area contributed by atoms with E-state index in [0.29, 0.717) is 30.2 Å². The molecular weight excluding hydrogens is 452 g/mol. The molecule has 0 fully saturated rings. The van der Waals surface area contributed by atoms with Gasteiger partial charge in [-0.1, -0.05) is 60.1 Å². The van der Waals surface area contributed by atoms with E-state index in [4.69, 9.17) is 16.3 Å². The third kappa shape index (κ3) is 6.73. The number of amides is 1. The van der Waals surface area contributed by atoms with Gasteiger partial charge < -0.3 is 4.74 Å². The van der Waals surface area contributed by atoms with Crippen molar-refractivity contribution in [3.63, 3.8) is 0 Å². The van der Waals surface area contributed by atoms with Crippen molar-refractivity contribution in [1.82, 2.24) is 5.43 Å². The van der Waals surface area contributed by atoms with Crippen molar-refractivity contribution in [2.24, 2.45) is 5.10 Å². The number of nitrogens with zero attached hydrogens (tertiary/aromatic N) is 1. The molecule has 1 amide bonds. The van der Waals surface area contributed by atoms with Gasteiger partial charge in [-0.15, -0.1) is 0 Å². The van der Waals surface area contributed by atoms with E-state index >= 15 is 0 Å². The van der Waals surface area contributed by atoms with Gasteiger partial charge in [-0.2, -0.15) is 5.10 Å². The number of carbonyl (C=O) groups is 1. The van der Waals surface area contributed by atoms with E-state index in [-0.39, 0.29) is 5.91 Å². The summed E-state index contributed by atoms with van der Waals surface area (Å²) in [6.07, 6.45) is 2.67. The number of rotatable bonds is 8. The lowest BCUT2D eigenvalue weighted by Crippen LogP contribution is -2.17. The summed E-state index contributed by atoms with van der Waals surface area (Å²) >= 11 is 9.66. The molecule has 0 spiro atoms. The molecule has 0 bridgehead atoms. The van der Waals surface area contributed by atoms with Crippen molar-refractivity contribution in [3.05, 3.63) is 99.0 Å². The number of ether oxygens (including phenoxy) is 1. The molecule has 3 aromatic carbocycles. The summed E-state index contributed by atoms with van der Waals surface area (Å²) in [6, 6.07) is 23.1. The first-order valence-corrected chi connectivity index (χ1v) is 10.3. The molecule has 0 saturated heterocycles. The molecule has 0 aromatic heterocycles. The molecule has 0 unspecified atom stereocenters. The van der Waals surface area contributed by atoms with Gasteiger partial charge in [0.15, 0.2) is 0 Å². The monoisotopic (exact) mass is 470 g/mol. The predicted octanol–water partition coefficient (Wildman–Crippen LogP) is 5.76. The number of halogens is 2. The first-order chi connectivity index (χ1) is 14.1. The summed E-state index contributed by atoms with van der Waals surface area (Å²) in [5.41, 5.74) is 5.44. The zero-order valence-corrected chi connectivity index (χ0v) is 18.0. The van der Waals surface area contributed by atoms with E-state index in [1.165, 1.54) is 0 Å². The van der Waals surface area contributed by atoms with Crippen LogP contribution in [-0.4, -0.2) is 12.1 Å². The van der Waals surface area contributed by atoms with Gasteiger partial charge in [0.25, 0.3) is 0 Å². The minimum atomic E-state index is -0.121. The lowest BCUT2D eigenvalue weighted by atomic mass is 10.1. The van der Waals surface area contributed by atoms with Crippen LogP contribution in [0.1, 0.15) is 23.1 Å². The predicted molar refractivity (Wildman–Crippen MR) is 120 cm³/mol. The van der Waals surface area contributed by atoms with Gasteiger partial charge in [-0.3, -0.25) is 4.79 Å². The molecular formula is C23H20BrClN2O2. The fourth-order valence-electron chi connectivity index (χ4n) is 2.62. The summed E-state index contributed by atoms with van der Waals surface area (Å²) in [6.45, 7) is 0.378. The van der Waals surface area contributed by atoms with E-state index < -0.39 is 0 Å². The molecule has 0 atom stereocenters. The van der Waals surface area contributed by atoms with Crippen molar-refractivity contribution >= 4 is 39.7 Å². The van der Waals surface area contributed by atoms with Crippen LogP contribution in [0, 0.1) is 0 Å². The van der Waals surface area contributed by atoms with Gasteiger partial charge in [0.1, 0.15) is 12.4 Å². The zero-order valence-electron chi connectivity index (χ0n) is 15.6. The van der Waals surface area contributed by atoms with Gasteiger partial charge in [0.05, 0.1) is 10.7 Å². The fourth-order valence-corrected chi connectivity index (χ4v) is 3.32. The normalized spacial score (nSPS) is 10.8. The first-order valence-electron chi connectivity index (χ1n) is 9.13. The Morgan fingerprint density at radius 2 is 1.83 bits per heavy atom. The standard InChI is InChI=1S/C23H20BrClN2O2/c24-20-14-18(10-12-22(20)29-16-19-8-4-5-9-21(19)25)15-26-27-23(28)13-11-17-6-2-1-3-7-17/h1-10,12,14-15H,11,13,16H2,(H,27,28)/b26-15-. The van der Waals surface area contributed by atoms with Gasteiger partial charge in [0.2, 0.25) is 5.91 Å². The van der Waals surface area contributed by atoms with Gasteiger partial charge in [-0.25, -0.2) is 5.43 Å². The third-order valence-corrected chi connectivity index (χ3v) is 5.17. The third-order valence-electron chi connectivity index (χ3n) is 4.18. The molecule has 0 heterocycles. The van der Waals surface area contributed by atoms with Gasteiger partial charge in [-0.05, 0) is 57.7 Å². The van der Waals surface area contributed by atoms with Crippen molar-refractivity contribution in [2.75, 3.05) is 0 Å². The molecule has 0 saturated carbocycles. The van der Waals surface area contributed by atoms with Crippen LogP contribution in [0.4, 0.5) is 0 Å². The Morgan fingerprint density at radius 1 is 1.07 bits per heavy atom. The molecule has 0 aliphatic heterocycles.